The van der Waals surface area contributed by atoms with Crippen LogP contribution in [-0.4, -0.2) is 40.7 Å². The number of likely N-dealkylation sites (N-methyl/N-ethyl adjacent to an activating group) is 1. The predicted octanol–water partition coefficient (Wildman–Crippen LogP) is 1.73. The molecule has 0 saturated carbocycles. The van der Waals surface area contributed by atoms with Gasteiger partial charge in [0.05, 0.1) is 13.1 Å². The summed E-state index contributed by atoms with van der Waals surface area (Å²) >= 11 is 0. The molecule has 0 unspecified atom stereocenters. The van der Waals surface area contributed by atoms with Crippen molar-refractivity contribution in [3.8, 4) is 0 Å². The summed E-state index contributed by atoms with van der Waals surface area (Å²) in [5, 5.41) is 6.53. The van der Waals surface area contributed by atoms with Gasteiger partial charge in [-0.25, -0.2) is 8.78 Å². The minimum absolute atomic E-state index is 0.109. The molecule has 1 aromatic heterocycles. The molecule has 112 valence electrons. The normalized spacial score (nSPS) is 10.9. The lowest BCUT2D eigenvalue weighted by Gasteiger charge is -2.16. The molecule has 0 aliphatic heterocycles. The van der Waals surface area contributed by atoms with Crippen molar-refractivity contribution in [3.05, 3.63) is 48.3 Å². The van der Waals surface area contributed by atoms with E-state index in [0.717, 1.165) is 18.2 Å². The Morgan fingerprint density at radius 1 is 1.33 bits per heavy atom. The monoisotopic (exact) mass is 294 g/mol. The molecule has 0 spiro atoms. The SMILES string of the molecule is CN(CCn1cccn1)CC(=O)Nc1cc(F)cc(F)c1. The summed E-state index contributed by atoms with van der Waals surface area (Å²) in [5.74, 6) is -1.78. The standard InChI is InChI=1S/C14H16F2N4O/c1-19(5-6-20-4-2-3-17-20)10-14(21)18-13-8-11(15)7-12(16)9-13/h2-4,7-9H,5-6,10H2,1H3,(H,18,21). The van der Waals surface area contributed by atoms with Crippen LogP contribution in [0, 0.1) is 11.6 Å². The maximum atomic E-state index is 13.0. The number of hydrogen-bond donors (Lipinski definition) is 1. The fourth-order valence-corrected chi connectivity index (χ4v) is 1.86. The van der Waals surface area contributed by atoms with Crippen molar-refractivity contribution in [1.29, 1.82) is 0 Å². The van der Waals surface area contributed by atoms with Gasteiger partial charge in [0.2, 0.25) is 5.91 Å². The van der Waals surface area contributed by atoms with Crippen LogP contribution < -0.4 is 5.32 Å². The lowest BCUT2D eigenvalue weighted by Crippen LogP contribution is -2.32. The fourth-order valence-electron chi connectivity index (χ4n) is 1.86. The Hall–Kier alpha value is -2.28. The smallest absolute Gasteiger partial charge is 0.238 e. The minimum atomic E-state index is -0.725. The zero-order chi connectivity index (χ0) is 15.2. The van der Waals surface area contributed by atoms with Crippen LogP contribution in [0.15, 0.2) is 36.7 Å². The van der Waals surface area contributed by atoms with E-state index in [0.29, 0.717) is 13.1 Å². The molecule has 7 heteroatoms. The average molecular weight is 294 g/mol. The molecular weight excluding hydrogens is 278 g/mol. The molecule has 5 nitrogen and oxygen atoms in total. The van der Waals surface area contributed by atoms with Crippen molar-refractivity contribution >= 4 is 11.6 Å². The molecule has 0 bridgehead atoms. The van der Waals surface area contributed by atoms with E-state index in [9.17, 15) is 13.6 Å². The summed E-state index contributed by atoms with van der Waals surface area (Å²) in [5.41, 5.74) is 0.109. The van der Waals surface area contributed by atoms with Gasteiger partial charge in [0, 0.05) is 30.7 Å². The third-order valence-electron chi connectivity index (χ3n) is 2.83. The highest BCUT2D eigenvalue weighted by Gasteiger charge is 2.08. The number of benzene rings is 1. The second-order valence-corrected chi connectivity index (χ2v) is 4.71. The van der Waals surface area contributed by atoms with E-state index in [2.05, 4.69) is 10.4 Å². The zero-order valence-electron chi connectivity index (χ0n) is 11.6. The second-order valence-electron chi connectivity index (χ2n) is 4.71. The first-order chi connectivity index (χ1) is 10.0. The Balaban J connectivity index is 1.80. The van der Waals surface area contributed by atoms with Crippen LogP contribution in [0.3, 0.4) is 0 Å². The van der Waals surface area contributed by atoms with Crippen LogP contribution in [-0.2, 0) is 11.3 Å². The van der Waals surface area contributed by atoms with Crippen molar-refractivity contribution in [1.82, 2.24) is 14.7 Å². The molecule has 21 heavy (non-hydrogen) atoms. The molecule has 0 saturated heterocycles. The molecule has 0 atom stereocenters. The van der Waals surface area contributed by atoms with E-state index in [-0.39, 0.29) is 18.1 Å². The molecule has 2 rings (SSSR count). The van der Waals surface area contributed by atoms with Crippen molar-refractivity contribution in [2.75, 3.05) is 25.5 Å². The maximum Gasteiger partial charge on any atom is 0.238 e. The van der Waals surface area contributed by atoms with Crippen LogP contribution in [0.1, 0.15) is 0 Å². The van der Waals surface area contributed by atoms with Gasteiger partial charge in [-0.1, -0.05) is 0 Å². The van der Waals surface area contributed by atoms with Gasteiger partial charge in [-0.2, -0.15) is 5.10 Å². The predicted molar refractivity (Wildman–Crippen MR) is 74.7 cm³/mol. The van der Waals surface area contributed by atoms with Gasteiger partial charge in [0.25, 0.3) is 0 Å². The number of carbonyl (C=O) groups is 1. The first-order valence-electron chi connectivity index (χ1n) is 6.45. The number of halogens is 2. The molecule has 1 N–H and O–H groups in total. The van der Waals surface area contributed by atoms with Gasteiger partial charge >= 0.3 is 0 Å². The third-order valence-corrected chi connectivity index (χ3v) is 2.83. The van der Waals surface area contributed by atoms with Crippen LogP contribution in [0.2, 0.25) is 0 Å². The largest absolute Gasteiger partial charge is 0.325 e. The Kier molecular flexibility index (Phi) is 4.99. The highest BCUT2D eigenvalue weighted by atomic mass is 19.1. The van der Waals surface area contributed by atoms with Gasteiger partial charge in [-0.05, 0) is 25.2 Å². The first kappa shape index (κ1) is 15.1. The van der Waals surface area contributed by atoms with Crippen molar-refractivity contribution < 1.29 is 13.6 Å². The van der Waals surface area contributed by atoms with E-state index in [1.165, 1.54) is 0 Å². The maximum absolute atomic E-state index is 13.0. The van der Waals surface area contributed by atoms with Gasteiger partial charge in [0.15, 0.2) is 0 Å². The highest BCUT2D eigenvalue weighted by molar-refractivity contribution is 5.92. The lowest BCUT2D eigenvalue weighted by atomic mass is 10.3. The summed E-state index contributed by atoms with van der Waals surface area (Å²) in [4.78, 5) is 13.6. The van der Waals surface area contributed by atoms with E-state index >= 15 is 0 Å². The number of nitrogens with zero attached hydrogens (tertiary/aromatic N) is 3. The first-order valence-corrected chi connectivity index (χ1v) is 6.45. The molecule has 1 amide bonds. The summed E-state index contributed by atoms with van der Waals surface area (Å²) < 4.78 is 27.8. The van der Waals surface area contributed by atoms with E-state index in [1.807, 2.05) is 12.3 Å². The number of carbonyl (C=O) groups excluding carboxylic acids is 1. The summed E-state index contributed by atoms with van der Waals surface area (Å²) in [6.07, 6.45) is 3.52. The quantitative estimate of drug-likeness (QED) is 0.883. The molecule has 1 heterocycles. The van der Waals surface area contributed by atoms with Crippen molar-refractivity contribution in [3.63, 3.8) is 0 Å². The van der Waals surface area contributed by atoms with E-state index < -0.39 is 11.6 Å². The number of hydrogen-bond acceptors (Lipinski definition) is 3. The van der Waals surface area contributed by atoms with E-state index in [4.69, 9.17) is 0 Å². The number of aromatic nitrogens is 2. The molecule has 0 aliphatic rings. The van der Waals surface area contributed by atoms with Gasteiger partial charge in [0.1, 0.15) is 11.6 Å². The summed E-state index contributed by atoms with van der Waals surface area (Å²) in [7, 11) is 1.79. The fraction of sp³-hybridized carbons (Fsp3) is 0.286. The molecular formula is C14H16F2N4O. The van der Waals surface area contributed by atoms with Crippen molar-refractivity contribution in [2.24, 2.45) is 0 Å². The Bertz CT molecular complexity index is 581. The lowest BCUT2D eigenvalue weighted by molar-refractivity contribution is -0.117. The topological polar surface area (TPSA) is 50.2 Å². The Morgan fingerprint density at radius 2 is 2.05 bits per heavy atom. The van der Waals surface area contributed by atoms with Crippen LogP contribution in [0.4, 0.5) is 14.5 Å². The van der Waals surface area contributed by atoms with Crippen LogP contribution in [0.5, 0.6) is 0 Å². The second kappa shape index (κ2) is 6.94. The Labute approximate surface area is 121 Å². The number of rotatable bonds is 6. The number of amides is 1. The zero-order valence-corrected chi connectivity index (χ0v) is 11.6. The third kappa shape index (κ3) is 4.96. The van der Waals surface area contributed by atoms with E-state index in [1.54, 1.807) is 22.8 Å². The number of anilines is 1. The molecule has 1 aromatic carbocycles. The minimum Gasteiger partial charge on any atom is -0.325 e. The molecule has 0 fully saturated rings. The summed E-state index contributed by atoms with van der Waals surface area (Å²) in [6, 6.07) is 4.73. The van der Waals surface area contributed by atoms with Gasteiger partial charge < -0.3 is 5.32 Å². The summed E-state index contributed by atoms with van der Waals surface area (Å²) in [6.45, 7) is 1.41. The average Bonchev–Trinajstić information content (AvgIpc) is 2.87. The number of nitrogens with one attached hydrogen (secondary N) is 1. The van der Waals surface area contributed by atoms with Crippen LogP contribution in [0.25, 0.3) is 0 Å². The van der Waals surface area contributed by atoms with Gasteiger partial charge in [-0.15, -0.1) is 0 Å². The molecule has 0 aliphatic carbocycles. The van der Waals surface area contributed by atoms with Crippen LogP contribution >= 0.6 is 0 Å². The molecule has 2 aromatic rings. The van der Waals surface area contributed by atoms with Crippen molar-refractivity contribution in [2.45, 2.75) is 6.54 Å². The Morgan fingerprint density at radius 3 is 2.67 bits per heavy atom. The highest BCUT2D eigenvalue weighted by Crippen LogP contribution is 2.12. The van der Waals surface area contributed by atoms with Gasteiger partial charge in [-0.3, -0.25) is 14.4 Å². The molecule has 0 radical (unpaired) electrons.